The van der Waals surface area contributed by atoms with Gasteiger partial charge in [-0.2, -0.15) is 0 Å². The summed E-state index contributed by atoms with van der Waals surface area (Å²) in [6, 6.07) is 9.03. The average molecular weight is 259 g/mol. The van der Waals surface area contributed by atoms with Crippen LogP contribution in [0, 0.1) is 5.92 Å². The van der Waals surface area contributed by atoms with Gasteiger partial charge in [0.2, 0.25) is 0 Å². The normalized spacial score (nSPS) is 26.9. The molecule has 0 bridgehead atoms. The minimum atomic E-state index is 0.173. The third-order valence-corrected chi connectivity index (χ3v) is 5.08. The zero-order valence-electron chi connectivity index (χ0n) is 11.9. The van der Waals surface area contributed by atoms with Gasteiger partial charge in [-0.15, -0.1) is 0 Å². The molecule has 2 unspecified atom stereocenters. The Kier molecular flexibility index (Phi) is 3.64. The SMILES string of the molecule is CCc1ccc(C(N)C2CCOC3(CCC3)C2)cc1. The van der Waals surface area contributed by atoms with Crippen LogP contribution in [0.25, 0.3) is 0 Å². The van der Waals surface area contributed by atoms with Crippen LogP contribution in [-0.2, 0) is 11.2 Å². The third-order valence-electron chi connectivity index (χ3n) is 5.08. The standard InChI is InChI=1S/C17H25NO/c1-2-13-4-6-14(7-5-13)16(18)15-8-11-19-17(12-15)9-3-10-17/h4-7,15-16H,2-3,8-12,18H2,1H3. The summed E-state index contributed by atoms with van der Waals surface area (Å²) in [6.07, 6.45) is 7.17. The maximum Gasteiger partial charge on any atom is 0.0686 e. The van der Waals surface area contributed by atoms with Gasteiger partial charge in [-0.3, -0.25) is 0 Å². The lowest BCUT2D eigenvalue weighted by Crippen LogP contribution is -2.47. The van der Waals surface area contributed by atoms with E-state index in [2.05, 4.69) is 31.2 Å². The number of aryl methyl sites for hydroxylation is 1. The molecule has 2 atom stereocenters. The maximum absolute atomic E-state index is 6.51. The van der Waals surface area contributed by atoms with Crippen molar-refractivity contribution in [3.05, 3.63) is 35.4 Å². The first-order valence-electron chi connectivity index (χ1n) is 7.71. The summed E-state index contributed by atoms with van der Waals surface area (Å²) in [7, 11) is 0. The second kappa shape index (κ2) is 5.26. The molecule has 0 radical (unpaired) electrons. The molecular weight excluding hydrogens is 234 g/mol. The minimum absolute atomic E-state index is 0.173. The number of nitrogens with two attached hydrogens (primary N) is 1. The molecule has 2 heteroatoms. The van der Waals surface area contributed by atoms with Gasteiger partial charge < -0.3 is 10.5 Å². The van der Waals surface area contributed by atoms with Gasteiger partial charge in [-0.1, -0.05) is 31.2 Å². The van der Waals surface area contributed by atoms with Crippen molar-refractivity contribution in [2.45, 2.75) is 57.1 Å². The largest absolute Gasteiger partial charge is 0.375 e. The van der Waals surface area contributed by atoms with Gasteiger partial charge in [-0.25, -0.2) is 0 Å². The Hall–Kier alpha value is -0.860. The zero-order chi connectivity index (χ0) is 13.3. The van der Waals surface area contributed by atoms with E-state index in [9.17, 15) is 0 Å². The highest BCUT2D eigenvalue weighted by atomic mass is 16.5. The van der Waals surface area contributed by atoms with Crippen molar-refractivity contribution in [3.63, 3.8) is 0 Å². The molecule has 1 heterocycles. The Morgan fingerprint density at radius 3 is 2.63 bits per heavy atom. The second-order valence-corrected chi connectivity index (χ2v) is 6.26. The van der Waals surface area contributed by atoms with Crippen LogP contribution in [0.1, 0.15) is 56.2 Å². The van der Waals surface area contributed by atoms with E-state index < -0.39 is 0 Å². The molecule has 0 aromatic heterocycles. The van der Waals surface area contributed by atoms with Gasteiger partial charge in [0.15, 0.2) is 0 Å². The van der Waals surface area contributed by atoms with Crippen LogP contribution in [0.15, 0.2) is 24.3 Å². The minimum Gasteiger partial charge on any atom is -0.375 e. The van der Waals surface area contributed by atoms with Crippen LogP contribution in [0.2, 0.25) is 0 Å². The van der Waals surface area contributed by atoms with Crippen molar-refractivity contribution in [1.82, 2.24) is 0 Å². The van der Waals surface area contributed by atoms with Crippen LogP contribution in [0.4, 0.5) is 0 Å². The van der Waals surface area contributed by atoms with E-state index in [1.54, 1.807) is 0 Å². The summed E-state index contributed by atoms with van der Waals surface area (Å²) in [6.45, 7) is 3.08. The predicted octanol–water partition coefficient (Wildman–Crippen LogP) is 3.60. The monoisotopic (exact) mass is 259 g/mol. The van der Waals surface area contributed by atoms with Crippen molar-refractivity contribution < 1.29 is 4.74 Å². The molecule has 1 aliphatic heterocycles. The molecule has 1 aromatic rings. The molecule has 1 saturated carbocycles. The second-order valence-electron chi connectivity index (χ2n) is 6.26. The van der Waals surface area contributed by atoms with Gasteiger partial charge in [0.1, 0.15) is 0 Å². The summed E-state index contributed by atoms with van der Waals surface area (Å²) >= 11 is 0. The molecule has 104 valence electrons. The van der Waals surface area contributed by atoms with E-state index in [-0.39, 0.29) is 11.6 Å². The molecule has 3 rings (SSSR count). The Balaban J connectivity index is 1.69. The summed E-state index contributed by atoms with van der Waals surface area (Å²) in [4.78, 5) is 0. The molecule has 1 spiro atoms. The van der Waals surface area contributed by atoms with E-state index in [1.165, 1.54) is 30.4 Å². The van der Waals surface area contributed by atoms with E-state index in [1.807, 2.05) is 0 Å². The number of rotatable bonds is 3. The van der Waals surface area contributed by atoms with Crippen LogP contribution >= 0.6 is 0 Å². The van der Waals surface area contributed by atoms with E-state index in [4.69, 9.17) is 10.5 Å². The highest BCUT2D eigenvalue weighted by Gasteiger charge is 2.43. The highest BCUT2D eigenvalue weighted by molar-refractivity contribution is 5.25. The van der Waals surface area contributed by atoms with Crippen LogP contribution in [0.3, 0.4) is 0 Å². The van der Waals surface area contributed by atoms with Crippen LogP contribution in [-0.4, -0.2) is 12.2 Å². The summed E-state index contributed by atoms with van der Waals surface area (Å²) in [5, 5.41) is 0. The maximum atomic E-state index is 6.51. The predicted molar refractivity (Wildman–Crippen MR) is 78.0 cm³/mol. The number of benzene rings is 1. The topological polar surface area (TPSA) is 35.2 Å². The molecule has 2 nitrogen and oxygen atoms in total. The molecule has 19 heavy (non-hydrogen) atoms. The van der Waals surface area contributed by atoms with E-state index >= 15 is 0 Å². The van der Waals surface area contributed by atoms with E-state index in [0.717, 1.165) is 25.9 Å². The third kappa shape index (κ3) is 2.56. The first kappa shape index (κ1) is 13.1. The Labute approximate surface area is 116 Å². The fourth-order valence-electron chi connectivity index (χ4n) is 3.54. The van der Waals surface area contributed by atoms with Gasteiger partial charge in [0.05, 0.1) is 5.60 Å². The molecule has 1 aromatic carbocycles. The Morgan fingerprint density at radius 1 is 1.32 bits per heavy atom. The lowest BCUT2D eigenvalue weighted by molar-refractivity contribution is -0.146. The molecule has 2 fully saturated rings. The average Bonchev–Trinajstić information content (AvgIpc) is 2.45. The van der Waals surface area contributed by atoms with Gasteiger partial charge in [0, 0.05) is 12.6 Å². The number of hydrogen-bond donors (Lipinski definition) is 1. The quantitative estimate of drug-likeness (QED) is 0.900. The summed E-state index contributed by atoms with van der Waals surface area (Å²) in [5.41, 5.74) is 9.38. The molecule has 1 saturated heterocycles. The molecule has 2 N–H and O–H groups in total. The Morgan fingerprint density at radius 2 is 2.05 bits per heavy atom. The van der Waals surface area contributed by atoms with Gasteiger partial charge >= 0.3 is 0 Å². The first-order valence-corrected chi connectivity index (χ1v) is 7.71. The smallest absolute Gasteiger partial charge is 0.0686 e. The zero-order valence-corrected chi connectivity index (χ0v) is 11.9. The van der Waals surface area contributed by atoms with Gasteiger partial charge in [0.25, 0.3) is 0 Å². The number of hydrogen-bond acceptors (Lipinski definition) is 2. The number of ether oxygens (including phenoxy) is 1. The van der Waals surface area contributed by atoms with Crippen molar-refractivity contribution in [3.8, 4) is 0 Å². The lowest BCUT2D eigenvalue weighted by Gasteiger charge is -2.48. The van der Waals surface area contributed by atoms with E-state index in [0.29, 0.717) is 5.92 Å². The van der Waals surface area contributed by atoms with Crippen molar-refractivity contribution in [2.75, 3.05) is 6.61 Å². The van der Waals surface area contributed by atoms with Crippen molar-refractivity contribution in [1.29, 1.82) is 0 Å². The summed E-state index contributed by atoms with van der Waals surface area (Å²) < 4.78 is 6.00. The fourth-order valence-corrected chi connectivity index (χ4v) is 3.54. The van der Waals surface area contributed by atoms with Gasteiger partial charge in [-0.05, 0) is 55.6 Å². The fraction of sp³-hybridized carbons (Fsp3) is 0.647. The van der Waals surface area contributed by atoms with Crippen LogP contribution in [0.5, 0.6) is 0 Å². The Bertz CT molecular complexity index is 421. The first-order chi connectivity index (χ1) is 9.22. The molecule has 0 amide bonds. The lowest BCUT2D eigenvalue weighted by atomic mass is 9.70. The van der Waals surface area contributed by atoms with Crippen molar-refractivity contribution in [2.24, 2.45) is 11.7 Å². The van der Waals surface area contributed by atoms with Crippen LogP contribution < -0.4 is 5.73 Å². The molecule has 2 aliphatic rings. The molecule has 1 aliphatic carbocycles. The summed E-state index contributed by atoms with van der Waals surface area (Å²) in [5.74, 6) is 0.585. The highest BCUT2D eigenvalue weighted by Crippen LogP contribution is 2.46. The molecular formula is C17H25NO. The van der Waals surface area contributed by atoms with Crippen molar-refractivity contribution >= 4 is 0 Å².